The number of amides is 4. The molecule has 7 nitrogen and oxygen atoms in total. The molecule has 0 spiro atoms. The lowest BCUT2D eigenvalue weighted by Crippen LogP contribution is -2.44. The van der Waals surface area contributed by atoms with E-state index in [0.717, 1.165) is 49.4 Å². The first-order valence-corrected chi connectivity index (χ1v) is 17.7. The Morgan fingerprint density at radius 1 is 0.674 bits per heavy atom. The van der Waals surface area contributed by atoms with E-state index in [1.165, 1.54) is 30.6 Å². The maximum atomic E-state index is 13.8. The number of Topliss-reactive ketones (excluding diaryl/α,β-unsaturated/α-hetero) is 1. The predicted molar refractivity (Wildman–Crippen MR) is 161 cm³/mol. The van der Waals surface area contributed by atoms with E-state index in [1.807, 2.05) is 0 Å². The summed E-state index contributed by atoms with van der Waals surface area (Å²) in [6.07, 6.45) is 13.0. The fraction of sp³-hybridized carbons (Fsp3) is 0.861. The number of imide groups is 2. The van der Waals surface area contributed by atoms with E-state index >= 15 is 0 Å². The number of hydrogen-bond acceptors (Lipinski definition) is 5. The van der Waals surface area contributed by atoms with Crippen LogP contribution in [0.3, 0.4) is 0 Å². The summed E-state index contributed by atoms with van der Waals surface area (Å²) in [6.45, 7) is 7.57. The van der Waals surface area contributed by atoms with Crippen molar-refractivity contribution in [3.05, 3.63) is 0 Å². The van der Waals surface area contributed by atoms with Crippen molar-refractivity contribution < 1.29 is 24.0 Å². The van der Waals surface area contributed by atoms with Gasteiger partial charge in [-0.15, -0.1) is 0 Å². The van der Waals surface area contributed by atoms with Gasteiger partial charge in [-0.2, -0.15) is 0 Å². The van der Waals surface area contributed by atoms with Crippen LogP contribution in [0.15, 0.2) is 0 Å². The van der Waals surface area contributed by atoms with Gasteiger partial charge in [0.25, 0.3) is 0 Å². The van der Waals surface area contributed by atoms with E-state index in [0.29, 0.717) is 49.9 Å². The molecule has 0 bridgehead atoms. The topological polar surface area (TPSA) is 91.8 Å². The SMILES string of the molecule is CC1C2CCCCC2C(C)(C)C1C1CCC(N2C(=O)C3CCC(C(=O)C4CCC5C(=O)N(C)C(=O)C5C4)CC3C2=O)CC1. The summed E-state index contributed by atoms with van der Waals surface area (Å²) in [4.78, 5) is 69.1. The van der Waals surface area contributed by atoms with Gasteiger partial charge in [0.15, 0.2) is 0 Å². The van der Waals surface area contributed by atoms with Gasteiger partial charge < -0.3 is 0 Å². The molecule has 0 aromatic rings. The lowest BCUT2D eigenvalue weighted by molar-refractivity contribution is -0.144. The molecule has 10 unspecified atom stereocenters. The highest BCUT2D eigenvalue weighted by Crippen LogP contribution is 2.62. The van der Waals surface area contributed by atoms with Crippen LogP contribution in [0.4, 0.5) is 0 Å². The van der Waals surface area contributed by atoms with Gasteiger partial charge in [-0.05, 0) is 112 Å². The van der Waals surface area contributed by atoms with Gasteiger partial charge in [-0.25, -0.2) is 0 Å². The zero-order valence-electron chi connectivity index (χ0n) is 26.8. The van der Waals surface area contributed by atoms with Gasteiger partial charge in [0.05, 0.1) is 23.7 Å². The number of rotatable bonds is 4. The second kappa shape index (κ2) is 10.8. The third-order valence-electron chi connectivity index (χ3n) is 14.4. The van der Waals surface area contributed by atoms with Crippen LogP contribution in [0.1, 0.15) is 111 Å². The minimum absolute atomic E-state index is 0.0104. The van der Waals surface area contributed by atoms with Crippen molar-refractivity contribution in [1.29, 1.82) is 0 Å². The van der Waals surface area contributed by atoms with E-state index < -0.39 is 0 Å². The lowest BCUT2D eigenvalue weighted by atomic mass is 9.63. The summed E-state index contributed by atoms with van der Waals surface area (Å²) >= 11 is 0. The van der Waals surface area contributed by atoms with Crippen LogP contribution in [-0.2, 0) is 24.0 Å². The molecule has 7 fully saturated rings. The molecule has 5 aliphatic carbocycles. The average molecular weight is 593 g/mol. The van der Waals surface area contributed by atoms with E-state index in [4.69, 9.17) is 0 Å². The van der Waals surface area contributed by atoms with E-state index in [1.54, 1.807) is 11.9 Å². The van der Waals surface area contributed by atoms with Crippen LogP contribution in [0, 0.1) is 70.5 Å². The van der Waals surface area contributed by atoms with Crippen molar-refractivity contribution in [3.8, 4) is 0 Å². The molecule has 0 aromatic carbocycles. The number of fused-ring (bicyclic) bond motifs is 3. The van der Waals surface area contributed by atoms with Crippen molar-refractivity contribution >= 4 is 29.4 Å². The maximum Gasteiger partial charge on any atom is 0.233 e. The van der Waals surface area contributed by atoms with Crippen LogP contribution in [0.25, 0.3) is 0 Å². The Morgan fingerprint density at radius 3 is 1.84 bits per heavy atom. The molecule has 2 saturated heterocycles. The number of hydrogen-bond donors (Lipinski definition) is 0. The first-order chi connectivity index (χ1) is 20.5. The van der Waals surface area contributed by atoms with Crippen molar-refractivity contribution in [2.24, 2.45) is 70.5 Å². The first kappa shape index (κ1) is 29.6. The second-order valence-corrected chi connectivity index (χ2v) is 16.5. The van der Waals surface area contributed by atoms with E-state index in [2.05, 4.69) is 20.8 Å². The maximum absolute atomic E-state index is 13.8. The molecule has 7 heteroatoms. The summed E-state index contributed by atoms with van der Waals surface area (Å²) in [5.74, 6) is 2.01. The van der Waals surface area contributed by atoms with Crippen molar-refractivity contribution in [3.63, 3.8) is 0 Å². The van der Waals surface area contributed by atoms with Gasteiger partial charge in [-0.3, -0.25) is 33.8 Å². The van der Waals surface area contributed by atoms with Crippen molar-refractivity contribution in [2.45, 2.75) is 117 Å². The highest BCUT2D eigenvalue weighted by atomic mass is 16.2. The third kappa shape index (κ3) is 4.51. The molecule has 0 N–H and O–H groups in total. The molecule has 7 aliphatic rings. The van der Waals surface area contributed by atoms with E-state index in [9.17, 15) is 24.0 Å². The molecule has 5 saturated carbocycles. The van der Waals surface area contributed by atoms with Crippen LogP contribution >= 0.6 is 0 Å². The van der Waals surface area contributed by atoms with Crippen LogP contribution < -0.4 is 0 Å². The summed E-state index contributed by atoms with van der Waals surface area (Å²) in [5, 5.41) is 0. The van der Waals surface area contributed by atoms with Crippen molar-refractivity contribution in [1.82, 2.24) is 9.80 Å². The molecule has 0 aromatic heterocycles. The minimum atomic E-state index is -0.376. The molecule has 4 amide bonds. The van der Waals surface area contributed by atoms with Gasteiger partial charge in [0, 0.05) is 24.9 Å². The number of nitrogens with zero attached hydrogens (tertiary/aromatic N) is 2. The summed E-state index contributed by atoms with van der Waals surface area (Å²) in [6, 6.07) is 0.0104. The highest BCUT2D eigenvalue weighted by molar-refractivity contribution is 6.06. The smallest absolute Gasteiger partial charge is 0.233 e. The molecular formula is C36H52N2O5. The first-order valence-electron chi connectivity index (χ1n) is 17.7. The Bertz CT molecular complexity index is 1200. The minimum Gasteiger partial charge on any atom is -0.299 e. The predicted octanol–water partition coefficient (Wildman–Crippen LogP) is 5.65. The van der Waals surface area contributed by atoms with Gasteiger partial charge >= 0.3 is 0 Å². The third-order valence-corrected chi connectivity index (χ3v) is 14.4. The normalized spacial score (nSPS) is 46.1. The largest absolute Gasteiger partial charge is 0.299 e. The highest BCUT2D eigenvalue weighted by Gasteiger charge is 2.58. The average Bonchev–Trinajstić information content (AvgIpc) is 3.49. The summed E-state index contributed by atoms with van der Waals surface area (Å²) in [7, 11) is 1.55. The molecule has 10 atom stereocenters. The van der Waals surface area contributed by atoms with Gasteiger partial charge in [-0.1, -0.05) is 33.6 Å². The molecule has 43 heavy (non-hydrogen) atoms. The molecule has 7 rings (SSSR count). The molecule has 236 valence electrons. The fourth-order valence-corrected chi connectivity index (χ4v) is 12.4. The Kier molecular flexibility index (Phi) is 7.44. The quantitative estimate of drug-likeness (QED) is 0.394. The molecule has 2 heterocycles. The number of ketones is 1. The van der Waals surface area contributed by atoms with Crippen molar-refractivity contribution in [2.75, 3.05) is 7.05 Å². The van der Waals surface area contributed by atoms with Gasteiger partial charge in [0.2, 0.25) is 23.6 Å². The molecule has 2 aliphatic heterocycles. The monoisotopic (exact) mass is 592 g/mol. The fourth-order valence-electron chi connectivity index (χ4n) is 12.4. The second-order valence-electron chi connectivity index (χ2n) is 16.5. The standard InChI is InChI=1S/C36H52N2O5/c1-19-24-7-5-6-8-29(24)36(2,3)30(19)20-9-13-23(14-10-20)38-34(42)26-16-12-22(18-28(26)35(38)43)31(39)21-11-15-25-27(17-21)33(41)37(4)32(25)40/h19-30H,5-18H2,1-4H3. The number of likely N-dealkylation sites (tertiary alicyclic amines) is 2. The zero-order valence-corrected chi connectivity index (χ0v) is 26.8. The molecule has 0 radical (unpaired) electrons. The Hall–Kier alpha value is -2.05. The van der Waals surface area contributed by atoms with Crippen LogP contribution in [-0.4, -0.2) is 52.3 Å². The number of carbonyl (C=O) groups is 5. The van der Waals surface area contributed by atoms with Crippen LogP contribution in [0.5, 0.6) is 0 Å². The lowest BCUT2D eigenvalue weighted by Gasteiger charge is -2.43. The van der Waals surface area contributed by atoms with Crippen LogP contribution in [0.2, 0.25) is 0 Å². The molecular weight excluding hydrogens is 540 g/mol. The van der Waals surface area contributed by atoms with Gasteiger partial charge in [0.1, 0.15) is 5.78 Å². The zero-order chi connectivity index (χ0) is 30.4. The Labute approximate surface area is 257 Å². The summed E-state index contributed by atoms with van der Waals surface area (Å²) in [5.41, 5.74) is 0.369. The Balaban J connectivity index is 0.976. The van der Waals surface area contributed by atoms with E-state index in [-0.39, 0.29) is 71.0 Å². The number of carbonyl (C=O) groups excluding carboxylic acids is 5. The summed E-state index contributed by atoms with van der Waals surface area (Å²) < 4.78 is 0. The Morgan fingerprint density at radius 2 is 1.21 bits per heavy atom.